The third-order valence-corrected chi connectivity index (χ3v) is 3.30. The van der Waals surface area contributed by atoms with E-state index in [0.717, 1.165) is 11.3 Å². The fourth-order valence-corrected chi connectivity index (χ4v) is 2.15. The van der Waals surface area contributed by atoms with E-state index in [1.54, 1.807) is 6.20 Å². The van der Waals surface area contributed by atoms with Crippen LogP contribution in [0.3, 0.4) is 0 Å². The number of aromatic amines is 1. The summed E-state index contributed by atoms with van der Waals surface area (Å²) in [5, 5.41) is 9.01. The van der Waals surface area contributed by atoms with E-state index in [0.29, 0.717) is 29.4 Å². The lowest BCUT2D eigenvalue weighted by atomic mass is 10.2. The van der Waals surface area contributed by atoms with Crippen LogP contribution in [0, 0.1) is 5.92 Å². The molecule has 0 atom stereocenters. The molecule has 6 heteroatoms. The first-order chi connectivity index (χ1) is 11.0. The van der Waals surface area contributed by atoms with Crippen LogP contribution in [0.5, 0.6) is 5.88 Å². The molecule has 0 aliphatic carbocycles. The molecule has 0 spiro atoms. The summed E-state index contributed by atoms with van der Waals surface area (Å²) in [6.45, 7) is 4.78. The molecule has 3 heterocycles. The van der Waals surface area contributed by atoms with Crippen molar-refractivity contribution in [1.82, 2.24) is 15.0 Å². The average Bonchev–Trinajstić information content (AvgIpc) is 2.97. The standard InChI is InChI=1S/C17H17N3O3/c1-10(2)9-23-16-6-3-11(8-18-16)12-4-5-13-14(19-12)7-15(20-13)17(21)22/h3-8,10,20H,9H2,1-2H3,(H,21,22). The molecule has 0 aromatic carbocycles. The molecule has 0 fully saturated rings. The Labute approximate surface area is 133 Å². The molecule has 0 saturated carbocycles. The van der Waals surface area contributed by atoms with E-state index in [9.17, 15) is 4.79 Å². The number of carbonyl (C=O) groups is 1. The molecule has 3 rings (SSSR count). The summed E-state index contributed by atoms with van der Waals surface area (Å²) in [5.41, 5.74) is 3.01. The molecule has 118 valence electrons. The normalized spacial score (nSPS) is 11.1. The maximum atomic E-state index is 11.0. The Kier molecular flexibility index (Phi) is 3.97. The summed E-state index contributed by atoms with van der Waals surface area (Å²) in [6, 6.07) is 8.86. The Morgan fingerprint density at radius 2 is 2.13 bits per heavy atom. The van der Waals surface area contributed by atoms with Crippen molar-refractivity contribution >= 4 is 17.0 Å². The largest absolute Gasteiger partial charge is 0.477 e. The van der Waals surface area contributed by atoms with Gasteiger partial charge in [0.25, 0.3) is 0 Å². The third-order valence-electron chi connectivity index (χ3n) is 3.30. The van der Waals surface area contributed by atoms with Crippen LogP contribution >= 0.6 is 0 Å². The van der Waals surface area contributed by atoms with Crippen LogP contribution in [0.15, 0.2) is 36.5 Å². The van der Waals surface area contributed by atoms with Crippen LogP contribution in [-0.2, 0) is 0 Å². The third kappa shape index (κ3) is 3.31. The molecule has 0 unspecified atom stereocenters. The van der Waals surface area contributed by atoms with Crippen molar-refractivity contribution in [1.29, 1.82) is 0 Å². The van der Waals surface area contributed by atoms with E-state index in [4.69, 9.17) is 9.84 Å². The SMILES string of the molecule is CC(C)COc1ccc(-c2ccc3[nH]c(C(=O)O)cc3n2)cn1. The predicted molar refractivity (Wildman–Crippen MR) is 86.6 cm³/mol. The first kappa shape index (κ1) is 15.0. The van der Waals surface area contributed by atoms with Gasteiger partial charge in [-0.25, -0.2) is 14.8 Å². The van der Waals surface area contributed by atoms with E-state index in [2.05, 4.69) is 28.8 Å². The lowest BCUT2D eigenvalue weighted by molar-refractivity contribution is 0.0691. The van der Waals surface area contributed by atoms with Crippen molar-refractivity contribution in [2.45, 2.75) is 13.8 Å². The molecule has 23 heavy (non-hydrogen) atoms. The van der Waals surface area contributed by atoms with E-state index in [-0.39, 0.29) is 5.69 Å². The number of hydrogen-bond acceptors (Lipinski definition) is 4. The molecule has 3 aromatic heterocycles. The first-order valence-electron chi connectivity index (χ1n) is 7.35. The zero-order valence-corrected chi connectivity index (χ0v) is 12.9. The molecule has 0 bridgehead atoms. The van der Waals surface area contributed by atoms with E-state index >= 15 is 0 Å². The highest BCUT2D eigenvalue weighted by molar-refractivity contribution is 5.92. The van der Waals surface area contributed by atoms with Crippen LogP contribution in [0.1, 0.15) is 24.3 Å². The Morgan fingerprint density at radius 3 is 2.78 bits per heavy atom. The summed E-state index contributed by atoms with van der Waals surface area (Å²) in [7, 11) is 0. The maximum absolute atomic E-state index is 11.0. The molecule has 0 radical (unpaired) electrons. The lowest BCUT2D eigenvalue weighted by Gasteiger charge is -2.08. The minimum atomic E-state index is -1.00. The number of carboxylic acids is 1. The second kappa shape index (κ2) is 6.08. The first-order valence-corrected chi connectivity index (χ1v) is 7.35. The summed E-state index contributed by atoms with van der Waals surface area (Å²) in [4.78, 5) is 22.6. The average molecular weight is 311 g/mol. The molecule has 6 nitrogen and oxygen atoms in total. The number of H-pyrrole nitrogens is 1. The number of rotatable bonds is 5. The highest BCUT2D eigenvalue weighted by atomic mass is 16.5. The van der Waals surface area contributed by atoms with Gasteiger partial charge < -0.3 is 14.8 Å². The number of aromatic nitrogens is 3. The molecule has 2 N–H and O–H groups in total. The van der Waals surface area contributed by atoms with Crippen LogP contribution in [0.25, 0.3) is 22.3 Å². The van der Waals surface area contributed by atoms with Gasteiger partial charge in [0, 0.05) is 17.8 Å². The maximum Gasteiger partial charge on any atom is 0.352 e. The molecule has 0 aliphatic rings. The van der Waals surface area contributed by atoms with E-state index in [1.165, 1.54) is 6.07 Å². The van der Waals surface area contributed by atoms with Crippen LogP contribution < -0.4 is 4.74 Å². The van der Waals surface area contributed by atoms with Crippen LogP contribution in [0.4, 0.5) is 0 Å². The fourth-order valence-electron chi connectivity index (χ4n) is 2.15. The predicted octanol–water partition coefficient (Wildman–Crippen LogP) is 3.36. The molecule has 0 aliphatic heterocycles. The second-order valence-electron chi connectivity index (χ2n) is 5.71. The van der Waals surface area contributed by atoms with Gasteiger partial charge in [-0.2, -0.15) is 0 Å². The summed E-state index contributed by atoms with van der Waals surface area (Å²) >= 11 is 0. The van der Waals surface area contributed by atoms with Gasteiger partial charge in [-0.1, -0.05) is 13.8 Å². The Morgan fingerprint density at radius 1 is 1.30 bits per heavy atom. The van der Waals surface area contributed by atoms with Gasteiger partial charge in [0.15, 0.2) is 0 Å². The second-order valence-corrected chi connectivity index (χ2v) is 5.71. The van der Waals surface area contributed by atoms with Crippen molar-refractivity contribution in [3.05, 3.63) is 42.2 Å². The van der Waals surface area contributed by atoms with Gasteiger partial charge in [-0.3, -0.25) is 0 Å². The van der Waals surface area contributed by atoms with Gasteiger partial charge in [0.2, 0.25) is 5.88 Å². The summed E-state index contributed by atoms with van der Waals surface area (Å²) < 4.78 is 5.56. The van der Waals surface area contributed by atoms with Gasteiger partial charge in [-0.15, -0.1) is 0 Å². The summed E-state index contributed by atoms with van der Waals surface area (Å²) in [6.07, 6.45) is 1.70. The highest BCUT2D eigenvalue weighted by Gasteiger charge is 2.10. The number of aromatic carboxylic acids is 1. The van der Waals surface area contributed by atoms with Crippen molar-refractivity contribution < 1.29 is 14.6 Å². The Hall–Kier alpha value is -2.89. The van der Waals surface area contributed by atoms with Crippen molar-refractivity contribution in [3.63, 3.8) is 0 Å². The van der Waals surface area contributed by atoms with Crippen molar-refractivity contribution in [2.24, 2.45) is 5.92 Å². The van der Waals surface area contributed by atoms with Gasteiger partial charge >= 0.3 is 5.97 Å². The Bertz CT molecular complexity index is 838. The lowest BCUT2D eigenvalue weighted by Crippen LogP contribution is -2.05. The van der Waals surface area contributed by atoms with Crippen molar-refractivity contribution in [2.75, 3.05) is 6.61 Å². The summed E-state index contributed by atoms with van der Waals surface area (Å²) in [5.74, 6) is 0.0220. The molecular weight excluding hydrogens is 294 g/mol. The number of nitrogens with one attached hydrogen (secondary N) is 1. The van der Waals surface area contributed by atoms with Gasteiger partial charge in [-0.05, 0) is 30.2 Å². The van der Waals surface area contributed by atoms with Crippen molar-refractivity contribution in [3.8, 4) is 17.1 Å². The molecule has 3 aromatic rings. The van der Waals surface area contributed by atoms with E-state index < -0.39 is 5.97 Å². The minimum absolute atomic E-state index is 0.125. The molecule has 0 saturated heterocycles. The minimum Gasteiger partial charge on any atom is -0.477 e. The van der Waals surface area contributed by atoms with Gasteiger partial charge in [0.05, 0.1) is 23.3 Å². The zero-order chi connectivity index (χ0) is 16.4. The van der Waals surface area contributed by atoms with E-state index in [1.807, 2.05) is 24.3 Å². The number of ether oxygens (including phenoxy) is 1. The number of nitrogens with zero attached hydrogens (tertiary/aromatic N) is 2. The van der Waals surface area contributed by atoms with Gasteiger partial charge in [0.1, 0.15) is 5.69 Å². The number of fused-ring (bicyclic) bond motifs is 1. The topological polar surface area (TPSA) is 88.1 Å². The molecular formula is C17H17N3O3. The fraction of sp³-hybridized carbons (Fsp3) is 0.235. The highest BCUT2D eigenvalue weighted by Crippen LogP contribution is 2.22. The number of hydrogen-bond donors (Lipinski definition) is 2. The Balaban J connectivity index is 1.86. The van der Waals surface area contributed by atoms with Crippen LogP contribution in [-0.4, -0.2) is 32.6 Å². The monoisotopic (exact) mass is 311 g/mol. The molecule has 0 amide bonds. The quantitative estimate of drug-likeness (QED) is 0.754. The number of pyridine rings is 2. The zero-order valence-electron chi connectivity index (χ0n) is 12.9. The number of carboxylic acid groups (broad SMARTS) is 1. The smallest absolute Gasteiger partial charge is 0.352 e. The van der Waals surface area contributed by atoms with Crippen LogP contribution in [0.2, 0.25) is 0 Å².